The molecule has 1 saturated heterocycles. The topological polar surface area (TPSA) is 45.2 Å². The fourth-order valence-corrected chi connectivity index (χ4v) is 2.50. The summed E-state index contributed by atoms with van der Waals surface area (Å²) in [7, 11) is 4.12. The third-order valence-electron chi connectivity index (χ3n) is 2.83. The molecule has 1 aliphatic rings. The molecule has 0 spiro atoms. The van der Waals surface area contributed by atoms with Crippen LogP contribution in [0.1, 0.15) is 12.8 Å². The molecule has 1 atom stereocenters. The number of aromatic nitrogens is 3. The van der Waals surface area contributed by atoms with Crippen LogP contribution in [-0.4, -0.2) is 53.3 Å². The highest BCUT2D eigenvalue weighted by Crippen LogP contribution is 2.29. The minimum Gasteiger partial charge on any atom is -0.350 e. The summed E-state index contributed by atoms with van der Waals surface area (Å²) >= 11 is 11.8. The average molecular weight is 276 g/mol. The summed E-state index contributed by atoms with van der Waals surface area (Å²) in [4.78, 5) is 8.51. The smallest absolute Gasteiger partial charge is 0.245 e. The molecule has 0 N–H and O–H groups in total. The van der Waals surface area contributed by atoms with E-state index in [9.17, 15) is 0 Å². The summed E-state index contributed by atoms with van der Waals surface area (Å²) < 4.78 is 0. The Kier molecular flexibility index (Phi) is 4.01. The zero-order valence-electron chi connectivity index (χ0n) is 9.90. The molecule has 0 saturated carbocycles. The lowest BCUT2D eigenvalue weighted by atomic mass is 10.2. The van der Waals surface area contributed by atoms with E-state index in [0.717, 1.165) is 25.9 Å². The Hall–Kier alpha value is -0.650. The molecule has 2 heterocycles. The molecular weight excluding hydrogens is 261 g/mol. The van der Waals surface area contributed by atoms with Crippen LogP contribution in [0.4, 0.5) is 5.82 Å². The molecule has 1 unspecified atom stereocenters. The molecule has 7 heteroatoms. The van der Waals surface area contributed by atoms with Crippen molar-refractivity contribution in [3.8, 4) is 0 Å². The second-order valence-corrected chi connectivity index (χ2v) is 5.14. The molecule has 0 aromatic carbocycles. The lowest BCUT2D eigenvalue weighted by Crippen LogP contribution is -2.38. The second-order valence-electron chi connectivity index (χ2n) is 4.45. The van der Waals surface area contributed by atoms with E-state index in [-0.39, 0.29) is 5.28 Å². The van der Waals surface area contributed by atoms with Crippen LogP contribution in [0, 0.1) is 0 Å². The Balaban J connectivity index is 2.22. The summed E-state index contributed by atoms with van der Waals surface area (Å²) in [5.41, 5.74) is 0. The predicted octanol–water partition coefficient (Wildman–Crippen LogP) is 1.71. The molecular formula is C10H15Cl2N5. The molecule has 94 valence electrons. The quantitative estimate of drug-likeness (QED) is 0.841. The van der Waals surface area contributed by atoms with Crippen molar-refractivity contribution in [3.63, 3.8) is 0 Å². The van der Waals surface area contributed by atoms with E-state index in [1.165, 1.54) is 0 Å². The van der Waals surface area contributed by atoms with Gasteiger partial charge in [-0.05, 0) is 38.5 Å². The molecule has 5 nitrogen and oxygen atoms in total. The van der Waals surface area contributed by atoms with Crippen molar-refractivity contribution in [3.05, 3.63) is 10.4 Å². The number of hydrogen-bond donors (Lipinski definition) is 0. The predicted molar refractivity (Wildman–Crippen MR) is 68.8 cm³/mol. The summed E-state index contributed by atoms with van der Waals surface area (Å²) in [5, 5.41) is 7.89. The van der Waals surface area contributed by atoms with Crippen molar-refractivity contribution in [2.24, 2.45) is 0 Å². The van der Waals surface area contributed by atoms with E-state index in [0.29, 0.717) is 17.0 Å². The van der Waals surface area contributed by atoms with Crippen LogP contribution >= 0.6 is 23.2 Å². The van der Waals surface area contributed by atoms with Gasteiger partial charge in [-0.15, -0.1) is 10.2 Å². The molecule has 0 amide bonds. The summed E-state index contributed by atoms with van der Waals surface area (Å²) in [5.74, 6) is 0.649. The first-order valence-corrected chi connectivity index (χ1v) is 6.30. The van der Waals surface area contributed by atoms with Gasteiger partial charge in [0.05, 0.1) is 0 Å². The fraction of sp³-hybridized carbons (Fsp3) is 0.700. The van der Waals surface area contributed by atoms with Gasteiger partial charge < -0.3 is 9.80 Å². The maximum Gasteiger partial charge on any atom is 0.245 e. The zero-order chi connectivity index (χ0) is 12.4. The number of nitrogens with zero attached hydrogens (tertiary/aromatic N) is 5. The van der Waals surface area contributed by atoms with Gasteiger partial charge >= 0.3 is 0 Å². The number of rotatable bonds is 3. The minimum atomic E-state index is 0.139. The van der Waals surface area contributed by atoms with E-state index in [2.05, 4.69) is 39.1 Å². The molecule has 0 radical (unpaired) electrons. The molecule has 0 bridgehead atoms. The molecule has 1 fully saturated rings. The van der Waals surface area contributed by atoms with Crippen molar-refractivity contribution in [1.29, 1.82) is 0 Å². The molecule has 1 aromatic rings. The van der Waals surface area contributed by atoms with Crippen LogP contribution in [0.3, 0.4) is 0 Å². The average Bonchev–Trinajstić information content (AvgIpc) is 2.69. The summed E-state index contributed by atoms with van der Waals surface area (Å²) in [6.45, 7) is 1.91. The fourth-order valence-electron chi connectivity index (χ4n) is 2.19. The Bertz CT molecular complexity index is 398. The number of hydrogen-bond acceptors (Lipinski definition) is 5. The number of halogens is 2. The third-order valence-corrected chi connectivity index (χ3v) is 3.23. The number of likely N-dealkylation sites (N-methyl/N-ethyl adjacent to an activating group) is 1. The van der Waals surface area contributed by atoms with Crippen molar-refractivity contribution in [2.75, 3.05) is 32.1 Å². The maximum absolute atomic E-state index is 6.03. The molecule has 1 aliphatic heterocycles. The Morgan fingerprint density at radius 1 is 1.35 bits per heavy atom. The zero-order valence-corrected chi connectivity index (χ0v) is 11.4. The Labute approximate surface area is 111 Å². The van der Waals surface area contributed by atoms with Crippen molar-refractivity contribution in [2.45, 2.75) is 18.9 Å². The van der Waals surface area contributed by atoms with Crippen LogP contribution in [0.5, 0.6) is 0 Å². The number of anilines is 1. The highest BCUT2D eigenvalue weighted by Gasteiger charge is 2.28. The third kappa shape index (κ3) is 2.97. The Morgan fingerprint density at radius 2 is 2.12 bits per heavy atom. The van der Waals surface area contributed by atoms with Gasteiger partial charge in [0.15, 0.2) is 11.0 Å². The normalized spacial score (nSPS) is 20.3. The van der Waals surface area contributed by atoms with Crippen molar-refractivity contribution < 1.29 is 0 Å². The second kappa shape index (κ2) is 5.33. The first-order valence-electron chi connectivity index (χ1n) is 5.55. The van der Waals surface area contributed by atoms with Crippen LogP contribution in [0.2, 0.25) is 10.4 Å². The monoisotopic (exact) mass is 275 g/mol. The largest absolute Gasteiger partial charge is 0.350 e. The van der Waals surface area contributed by atoms with Gasteiger partial charge in [-0.3, -0.25) is 0 Å². The van der Waals surface area contributed by atoms with E-state index < -0.39 is 0 Å². The van der Waals surface area contributed by atoms with Crippen LogP contribution in [0.15, 0.2) is 0 Å². The summed E-state index contributed by atoms with van der Waals surface area (Å²) in [6, 6.07) is 0.412. The van der Waals surface area contributed by atoms with E-state index in [4.69, 9.17) is 23.2 Å². The molecule has 2 rings (SSSR count). The summed E-state index contributed by atoms with van der Waals surface area (Å²) in [6.07, 6.45) is 2.27. The van der Waals surface area contributed by atoms with Crippen molar-refractivity contribution >= 4 is 29.0 Å². The van der Waals surface area contributed by atoms with Gasteiger partial charge in [0.2, 0.25) is 5.28 Å². The molecule has 17 heavy (non-hydrogen) atoms. The lowest BCUT2D eigenvalue weighted by molar-refractivity contribution is 0.371. The van der Waals surface area contributed by atoms with Gasteiger partial charge in [-0.1, -0.05) is 11.6 Å². The van der Waals surface area contributed by atoms with E-state index >= 15 is 0 Å². The highest BCUT2D eigenvalue weighted by atomic mass is 35.5. The van der Waals surface area contributed by atoms with Crippen LogP contribution in [0.25, 0.3) is 0 Å². The van der Waals surface area contributed by atoms with E-state index in [1.54, 1.807) is 0 Å². The van der Waals surface area contributed by atoms with Crippen LogP contribution in [-0.2, 0) is 0 Å². The molecule has 0 aliphatic carbocycles. The van der Waals surface area contributed by atoms with E-state index in [1.807, 2.05) is 0 Å². The Morgan fingerprint density at radius 3 is 2.82 bits per heavy atom. The van der Waals surface area contributed by atoms with Gasteiger partial charge in [-0.25, -0.2) is 0 Å². The van der Waals surface area contributed by atoms with Gasteiger partial charge in [0.25, 0.3) is 0 Å². The van der Waals surface area contributed by atoms with Gasteiger partial charge in [-0.2, -0.15) is 4.98 Å². The minimum absolute atomic E-state index is 0.139. The molecule has 1 aromatic heterocycles. The van der Waals surface area contributed by atoms with Crippen molar-refractivity contribution in [1.82, 2.24) is 20.1 Å². The SMILES string of the molecule is CN(C)CC1CCCN1c1nc(Cl)nnc1Cl. The first kappa shape index (κ1) is 12.8. The lowest BCUT2D eigenvalue weighted by Gasteiger charge is -2.28. The van der Waals surface area contributed by atoms with Crippen LogP contribution < -0.4 is 4.90 Å². The standard InChI is InChI=1S/C10H15Cl2N5/c1-16(2)6-7-4-3-5-17(7)9-8(11)14-15-10(12)13-9/h7H,3-6H2,1-2H3. The maximum atomic E-state index is 6.03. The van der Waals surface area contributed by atoms with Gasteiger partial charge in [0, 0.05) is 19.1 Å². The highest BCUT2D eigenvalue weighted by molar-refractivity contribution is 6.32. The van der Waals surface area contributed by atoms with Gasteiger partial charge in [0.1, 0.15) is 0 Å². The first-order chi connectivity index (χ1) is 8.08.